The molecule has 94 valence electrons. The number of amides is 1. The fourth-order valence-corrected chi connectivity index (χ4v) is 1.09. The average molecular weight is 260 g/mol. The van der Waals surface area contributed by atoms with Crippen LogP contribution >= 0.6 is 12.4 Å². The normalized spacial score (nSPS) is 11.2. The molecule has 0 saturated heterocycles. The zero-order valence-corrected chi connectivity index (χ0v) is 10.1. The minimum atomic E-state index is -0.557. The molecule has 17 heavy (non-hydrogen) atoms. The summed E-state index contributed by atoms with van der Waals surface area (Å²) in [4.78, 5) is 21.1. The van der Waals surface area contributed by atoms with Gasteiger partial charge in [-0.2, -0.15) is 0 Å². The maximum absolute atomic E-state index is 11.1. The number of nitro groups is 1. The molecule has 0 heterocycles. The number of carbonyl (C=O) groups is 1. The summed E-state index contributed by atoms with van der Waals surface area (Å²) in [5.74, 6) is -0.252. The van der Waals surface area contributed by atoms with Crippen LogP contribution in [-0.2, 0) is 11.3 Å². The van der Waals surface area contributed by atoms with Gasteiger partial charge in [0.2, 0.25) is 5.91 Å². The topological polar surface area (TPSA) is 98.3 Å². The molecule has 0 unspecified atom stereocenters. The van der Waals surface area contributed by atoms with E-state index < -0.39 is 11.0 Å². The second-order valence-corrected chi connectivity index (χ2v) is 3.43. The van der Waals surface area contributed by atoms with Crippen molar-refractivity contribution in [3.05, 3.63) is 39.9 Å². The Bertz CT molecular complexity index is 392. The molecule has 0 radical (unpaired) electrons. The number of non-ortho nitro benzene ring substituents is 1. The van der Waals surface area contributed by atoms with Crippen LogP contribution in [0.2, 0.25) is 0 Å². The zero-order valence-electron chi connectivity index (χ0n) is 9.25. The van der Waals surface area contributed by atoms with Gasteiger partial charge in [0.1, 0.15) is 0 Å². The summed E-state index contributed by atoms with van der Waals surface area (Å²) >= 11 is 0. The lowest BCUT2D eigenvalue weighted by atomic mass is 10.2. The molecular weight excluding hydrogens is 246 g/mol. The Morgan fingerprint density at radius 1 is 1.47 bits per heavy atom. The summed E-state index contributed by atoms with van der Waals surface area (Å²) in [5.41, 5.74) is 6.18. The van der Waals surface area contributed by atoms with E-state index in [1.54, 1.807) is 19.1 Å². The highest BCUT2D eigenvalue weighted by Crippen LogP contribution is 2.11. The van der Waals surface area contributed by atoms with E-state index >= 15 is 0 Å². The molecule has 0 bridgehead atoms. The van der Waals surface area contributed by atoms with Crippen molar-refractivity contribution in [2.45, 2.75) is 19.5 Å². The average Bonchev–Trinajstić information content (AvgIpc) is 2.26. The van der Waals surface area contributed by atoms with E-state index in [1.165, 1.54) is 12.1 Å². The number of carbonyl (C=O) groups excluding carboxylic acids is 1. The van der Waals surface area contributed by atoms with Gasteiger partial charge in [-0.15, -0.1) is 12.4 Å². The number of nitrogens with two attached hydrogens (primary N) is 1. The van der Waals surface area contributed by atoms with Crippen LogP contribution in [0.5, 0.6) is 0 Å². The van der Waals surface area contributed by atoms with E-state index in [0.29, 0.717) is 6.54 Å². The lowest BCUT2D eigenvalue weighted by molar-refractivity contribution is -0.384. The van der Waals surface area contributed by atoms with Gasteiger partial charge in [-0.25, -0.2) is 0 Å². The van der Waals surface area contributed by atoms with Crippen LogP contribution in [0.15, 0.2) is 24.3 Å². The number of benzene rings is 1. The molecule has 0 aliphatic rings. The van der Waals surface area contributed by atoms with Crippen LogP contribution in [0.25, 0.3) is 0 Å². The monoisotopic (exact) mass is 259 g/mol. The van der Waals surface area contributed by atoms with Gasteiger partial charge in [0, 0.05) is 18.7 Å². The number of nitrogens with one attached hydrogen (secondary N) is 1. The van der Waals surface area contributed by atoms with Crippen molar-refractivity contribution in [3.63, 3.8) is 0 Å². The standard InChI is InChI=1S/C10H13N3O3.ClH/c1-7(11)10(14)12-6-8-2-4-9(5-3-8)13(15)16;/h2-5,7H,6,11H2,1H3,(H,12,14);1H/t7-;/m0./s1. The molecule has 6 nitrogen and oxygen atoms in total. The van der Waals surface area contributed by atoms with Crippen molar-refractivity contribution in [1.82, 2.24) is 5.32 Å². The molecule has 0 aliphatic carbocycles. The van der Waals surface area contributed by atoms with Crippen molar-refractivity contribution in [1.29, 1.82) is 0 Å². The Hall–Kier alpha value is -1.66. The number of nitrogens with zero attached hydrogens (tertiary/aromatic N) is 1. The Morgan fingerprint density at radius 3 is 2.41 bits per heavy atom. The first-order chi connectivity index (χ1) is 7.50. The molecule has 0 fully saturated rings. The zero-order chi connectivity index (χ0) is 12.1. The second-order valence-electron chi connectivity index (χ2n) is 3.43. The Balaban J connectivity index is 0.00000256. The van der Waals surface area contributed by atoms with E-state index in [9.17, 15) is 14.9 Å². The first-order valence-corrected chi connectivity index (χ1v) is 4.77. The highest BCUT2D eigenvalue weighted by atomic mass is 35.5. The molecule has 0 spiro atoms. The fraction of sp³-hybridized carbons (Fsp3) is 0.300. The maximum Gasteiger partial charge on any atom is 0.269 e. The summed E-state index contributed by atoms with van der Waals surface area (Å²) in [6.45, 7) is 1.91. The third kappa shape index (κ3) is 4.80. The number of rotatable bonds is 4. The van der Waals surface area contributed by atoms with Gasteiger partial charge in [-0.05, 0) is 12.5 Å². The second kappa shape index (κ2) is 6.82. The van der Waals surface area contributed by atoms with E-state index in [1.807, 2.05) is 0 Å². The van der Waals surface area contributed by atoms with Crippen LogP contribution in [0.1, 0.15) is 12.5 Å². The molecule has 0 saturated carbocycles. The first-order valence-electron chi connectivity index (χ1n) is 4.77. The Morgan fingerprint density at radius 2 is 2.00 bits per heavy atom. The smallest absolute Gasteiger partial charge is 0.269 e. The number of hydrogen-bond acceptors (Lipinski definition) is 4. The molecule has 0 aliphatic heterocycles. The van der Waals surface area contributed by atoms with Crippen molar-refractivity contribution < 1.29 is 9.72 Å². The van der Waals surface area contributed by atoms with Crippen LogP contribution in [-0.4, -0.2) is 16.9 Å². The minimum absolute atomic E-state index is 0. The lowest BCUT2D eigenvalue weighted by Gasteiger charge is -2.07. The van der Waals surface area contributed by atoms with Crippen LogP contribution in [0.3, 0.4) is 0 Å². The summed E-state index contributed by atoms with van der Waals surface area (Å²) < 4.78 is 0. The van der Waals surface area contributed by atoms with E-state index in [2.05, 4.69) is 5.32 Å². The SMILES string of the molecule is C[C@H](N)C(=O)NCc1ccc([N+](=O)[O-])cc1.Cl. The van der Waals surface area contributed by atoms with Gasteiger partial charge in [-0.1, -0.05) is 12.1 Å². The van der Waals surface area contributed by atoms with Crippen molar-refractivity contribution in [2.24, 2.45) is 5.73 Å². The third-order valence-electron chi connectivity index (χ3n) is 2.03. The largest absolute Gasteiger partial charge is 0.351 e. The number of halogens is 1. The molecule has 1 atom stereocenters. The first kappa shape index (κ1) is 15.3. The number of nitro benzene ring substituents is 1. The highest BCUT2D eigenvalue weighted by molar-refractivity contribution is 5.85. The molecule has 3 N–H and O–H groups in total. The molecule has 0 aromatic heterocycles. The molecule has 7 heteroatoms. The fourth-order valence-electron chi connectivity index (χ4n) is 1.09. The van der Waals surface area contributed by atoms with Gasteiger partial charge < -0.3 is 11.1 Å². The summed E-state index contributed by atoms with van der Waals surface area (Å²) in [6.07, 6.45) is 0. The Kier molecular flexibility index (Phi) is 6.16. The van der Waals surface area contributed by atoms with Crippen LogP contribution < -0.4 is 11.1 Å². The summed E-state index contributed by atoms with van der Waals surface area (Å²) in [6, 6.07) is 5.43. The molecule has 1 aromatic rings. The van der Waals surface area contributed by atoms with Crippen LogP contribution in [0.4, 0.5) is 5.69 Å². The van der Waals surface area contributed by atoms with Gasteiger partial charge >= 0.3 is 0 Å². The van der Waals surface area contributed by atoms with Gasteiger partial charge in [0.25, 0.3) is 5.69 Å². The Labute approximate surface area is 105 Å². The maximum atomic E-state index is 11.1. The molecule has 1 amide bonds. The third-order valence-corrected chi connectivity index (χ3v) is 2.03. The van der Waals surface area contributed by atoms with Gasteiger partial charge in [0.05, 0.1) is 11.0 Å². The van der Waals surface area contributed by atoms with Crippen molar-refractivity contribution >= 4 is 24.0 Å². The summed E-state index contributed by atoms with van der Waals surface area (Å²) in [7, 11) is 0. The minimum Gasteiger partial charge on any atom is -0.351 e. The molecule has 1 rings (SSSR count). The van der Waals surface area contributed by atoms with Crippen molar-refractivity contribution in [3.8, 4) is 0 Å². The van der Waals surface area contributed by atoms with E-state index in [0.717, 1.165) is 5.56 Å². The van der Waals surface area contributed by atoms with E-state index in [-0.39, 0.29) is 24.0 Å². The number of hydrogen-bond donors (Lipinski definition) is 2. The van der Waals surface area contributed by atoms with Gasteiger partial charge in [-0.3, -0.25) is 14.9 Å². The van der Waals surface area contributed by atoms with Gasteiger partial charge in [0.15, 0.2) is 0 Å². The quantitative estimate of drug-likeness (QED) is 0.622. The lowest BCUT2D eigenvalue weighted by Crippen LogP contribution is -2.37. The highest BCUT2D eigenvalue weighted by Gasteiger charge is 2.07. The summed E-state index contributed by atoms with van der Waals surface area (Å²) in [5, 5.41) is 13.0. The molecular formula is C10H14ClN3O3. The predicted octanol–water partition coefficient (Wildman–Crippen LogP) is 0.980. The van der Waals surface area contributed by atoms with Crippen LogP contribution in [0, 0.1) is 10.1 Å². The predicted molar refractivity (Wildman–Crippen MR) is 65.8 cm³/mol. The van der Waals surface area contributed by atoms with E-state index in [4.69, 9.17) is 5.73 Å². The molecule has 1 aromatic carbocycles. The van der Waals surface area contributed by atoms with Crippen molar-refractivity contribution in [2.75, 3.05) is 0 Å².